The maximum atomic E-state index is 13.4. The normalized spacial score (nSPS) is 29.7. The number of allylic oxidation sites excluding steroid dienone is 1. The minimum Gasteiger partial charge on any atom is -0.459 e. The summed E-state index contributed by atoms with van der Waals surface area (Å²) in [7, 11) is 0. The van der Waals surface area contributed by atoms with Crippen LogP contribution in [-0.2, 0) is 23.7 Å². The lowest BCUT2D eigenvalue weighted by atomic mass is 9.81. The van der Waals surface area contributed by atoms with Crippen molar-refractivity contribution in [2.75, 3.05) is 46.4 Å². The van der Waals surface area contributed by atoms with Crippen molar-refractivity contribution in [2.45, 2.75) is 57.3 Å². The van der Waals surface area contributed by atoms with E-state index in [1.807, 2.05) is 31.2 Å². The van der Waals surface area contributed by atoms with Gasteiger partial charge in [0.1, 0.15) is 0 Å². The summed E-state index contributed by atoms with van der Waals surface area (Å²) in [5.74, 6) is 2.70. The summed E-state index contributed by atoms with van der Waals surface area (Å²) in [4.78, 5) is 13.4. The molecule has 0 radical (unpaired) electrons. The number of nitrogens with one attached hydrogen (secondary N) is 1. The molecule has 2 saturated carbocycles. The third kappa shape index (κ3) is 6.22. The first kappa shape index (κ1) is 26.3. The topological polar surface area (TPSA) is 105 Å². The van der Waals surface area contributed by atoms with Gasteiger partial charge >= 0.3 is 0 Å². The summed E-state index contributed by atoms with van der Waals surface area (Å²) in [6, 6.07) is 6.15. The summed E-state index contributed by atoms with van der Waals surface area (Å²) in [6.45, 7) is 4.25. The predicted octanol–water partition coefficient (Wildman–Crippen LogP) is 3.11. The number of carbonyl (C=O) groups excluding carboxylic acids is 1. The molecule has 2 fully saturated rings. The summed E-state index contributed by atoms with van der Waals surface area (Å²) < 4.78 is 34.5. The molecule has 0 spiro atoms. The molecule has 2 heterocycles. The number of fused-ring (bicyclic) bond motifs is 3. The molecule has 0 aromatic heterocycles. The van der Waals surface area contributed by atoms with E-state index < -0.39 is 6.29 Å². The minimum atomic E-state index is -0.583. The average molecular weight is 518 g/mol. The SMILES string of the molecule is CCO[C@H]1OC(C(=O)NC2CC3CCC2C3)=C[C@@H](c2ccc3c(c2)OCO3)[C@H]1CCOCCOCCO. The van der Waals surface area contributed by atoms with Crippen molar-refractivity contribution in [3.05, 3.63) is 35.6 Å². The average Bonchev–Trinajstić information content (AvgIpc) is 3.65. The Morgan fingerprint density at radius 3 is 2.68 bits per heavy atom. The van der Waals surface area contributed by atoms with E-state index >= 15 is 0 Å². The molecule has 37 heavy (non-hydrogen) atoms. The van der Waals surface area contributed by atoms with Gasteiger partial charge in [-0.2, -0.15) is 0 Å². The molecule has 2 bridgehead atoms. The number of amides is 1. The second-order valence-corrected chi connectivity index (χ2v) is 10.3. The predicted molar refractivity (Wildman–Crippen MR) is 134 cm³/mol. The Hall–Kier alpha value is -2.33. The summed E-state index contributed by atoms with van der Waals surface area (Å²) in [6.07, 6.45) is 6.79. The molecule has 2 N–H and O–H groups in total. The van der Waals surface area contributed by atoms with E-state index in [-0.39, 0.29) is 37.2 Å². The quantitative estimate of drug-likeness (QED) is 0.385. The van der Waals surface area contributed by atoms with Gasteiger partial charge in [0, 0.05) is 31.1 Å². The van der Waals surface area contributed by atoms with Gasteiger partial charge in [0.15, 0.2) is 17.3 Å². The van der Waals surface area contributed by atoms with E-state index in [4.69, 9.17) is 33.5 Å². The largest absolute Gasteiger partial charge is 0.459 e. The molecule has 2 aliphatic heterocycles. The first-order valence-corrected chi connectivity index (χ1v) is 13.6. The number of carbonyl (C=O) groups is 1. The highest BCUT2D eigenvalue weighted by Gasteiger charge is 2.42. The van der Waals surface area contributed by atoms with Gasteiger partial charge in [-0.3, -0.25) is 4.79 Å². The minimum absolute atomic E-state index is 0.00308. The third-order valence-electron chi connectivity index (χ3n) is 7.98. The van der Waals surface area contributed by atoms with Crippen LogP contribution in [0.15, 0.2) is 30.0 Å². The molecule has 2 aliphatic carbocycles. The first-order valence-electron chi connectivity index (χ1n) is 13.6. The highest BCUT2D eigenvalue weighted by molar-refractivity contribution is 5.92. The van der Waals surface area contributed by atoms with E-state index in [9.17, 15) is 4.79 Å². The van der Waals surface area contributed by atoms with Crippen LogP contribution in [0.4, 0.5) is 0 Å². The van der Waals surface area contributed by atoms with Crippen molar-refractivity contribution in [2.24, 2.45) is 17.8 Å². The molecule has 9 heteroatoms. The molecule has 1 aromatic carbocycles. The highest BCUT2D eigenvalue weighted by atomic mass is 16.7. The Bertz CT molecular complexity index is 952. The van der Waals surface area contributed by atoms with E-state index in [2.05, 4.69) is 5.32 Å². The molecular formula is C28H39NO8. The molecule has 0 saturated heterocycles. The number of hydrogen-bond donors (Lipinski definition) is 2. The standard InChI is InChI=1S/C28H39NO8/c1-2-34-28-21(7-9-32-11-12-33-10-8-30)22(19-5-6-24-25(15-19)36-17-35-24)16-26(37-28)27(31)29-23-14-18-3-4-20(23)13-18/h5-6,15-16,18,20-23,28,30H,2-4,7-14,17H2,1H3,(H,29,31)/t18?,20?,21-,22+,23?,28+/m1/s1. The van der Waals surface area contributed by atoms with Crippen molar-refractivity contribution < 1.29 is 38.3 Å². The van der Waals surface area contributed by atoms with Gasteiger partial charge in [0.25, 0.3) is 5.91 Å². The number of ether oxygens (including phenoxy) is 6. The Morgan fingerprint density at radius 2 is 1.92 bits per heavy atom. The van der Waals surface area contributed by atoms with Crippen LogP contribution in [-0.4, -0.2) is 69.8 Å². The van der Waals surface area contributed by atoms with Crippen LogP contribution in [0.1, 0.15) is 50.5 Å². The molecule has 5 rings (SSSR count). The fraction of sp³-hybridized carbons (Fsp3) is 0.679. The van der Waals surface area contributed by atoms with Crippen LogP contribution < -0.4 is 14.8 Å². The molecule has 9 nitrogen and oxygen atoms in total. The van der Waals surface area contributed by atoms with Crippen LogP contribution in [0.2, 0.25) is 0 Å². The summed E-state index contributed by atoms with van der Waals surface area (Å²) in [5.41, 5.74) is 1.01. The molecular weight excluding hydrogens is 478 g/mol. The maximum absolute atomic E-state index is 13.4. The van der Waals surface area contributed by atoms with Crippen LogP contribution in [0.25, 0.3) is 0 Å². The lowest BCUT2D eigenvalue weighted by Crippen LogP contribution is -2.43. The number of aliphatic hydroxyl groups is 1. The van der Waals surface area contributed by atoms with Crippen molar-refractivity contribution in [1.82, 2.24) is 5.32 Å². The van der Waals surface area contributed by atoms with Gasteiger partial charge < -0.3 is 38.8 Å². The third-order valence-corrected chi connectivity index (χ3v) is 7.98. The van der Waals surface area contributed by atoms with Gasteiger partial charge in [-0.1, -0.05) is 12.5 Å². The van der Waals surface area contributed by atoms with Crippen LogP contribution in [0, 0.1) is 17.8 Å². The van der Waals surface area contributed by atoms with Gasteiger partial charge in [0.05, 0.1) is 26.4 Å². The molecule has 204 valence electrons. The Balaban J connectivity index is 1.32. The summed E-state index contributed by atoms with van der Waals surface area (Å²) in [5, 5.41) is 12.1. The smallest absolute Gasteiger partial charge is 0.286 e. The van der Waals surface area contributed by atoms with E-state index in [1.165, 1.54) is 19.3 Å². The molecule has 3 unspecified atom stereocenters. The van der Waals surface area contributed by atoms with Gasteiger partial charge in [0.2, 0.25) is 13.1 Å². The number of aliphatic hydroxyl groups excluding tert-OH is 1. The number of hydrogen-bond acceptors (Lipinski definition) is 8. The van der Waals surface area contributed by atoms with Crippen molar-refractivity contribution in [3.8, 4) is 11.5 Å². The zero-order chi connectivity index (χ0) is 25.6. The maximum Gasteiger partial charge on any atom is 0.286 e. The first-order chi connectivity index (χ1) is 18.2. The molecule has 6 atom stereocenters. The van der Waals surface area contributed by atoms with E-state index in [0.29, 0.717) is 56.9 Å². The van der Waals surface area contributed by atoms with Crippen molar-refractivity contribution >= 4 is 5.91 Å². The molecule has 1 amide bonds. The lowest BCUT2D eigenvalue weighted by molar-refractivity contribution is -0.168. The Morgan fingerprint density at radius 1 is 1.08 bits per heavy atom. The van der Waals surface area contributed by atoms with Crippen LogP contribution in [0.5, 0.6) is 11.5 Å². The molecule has 4 aliphatic rings. The number of rotatable bonds is 13. The number of benzene rings is 1. The van der Waals surface area contributed by atoms with Gasteiger partial charge in [-0.15, -0.1) is 0 Å². The second-order valence-electron chi connectivity index (χ2n) is 10.3. The molecule has 1 aromatic rings. The van der Waals surface area contributed by atoms with Gasteiger partial charge in [-0.05, 0) is 68.2 Å². The zero-order valence-corrected chi connectivity index (χ0v) is 21.6. The summed E-state index contributed by atoms with van der Waals surface area (Å²) >= 11 is 0. The Kier molecular flexibility index (Phi) is 8.86. The fourth-order valence-electron chi connectivity index (χ4n) is 6.21. The van der Waals surface area contributed by atoms with Crippen molar-refractivity contribution in [3.63, 3.8) is 0 Å². The van der Waals surface area contributed by atoms with E-state index in [1.54, 1.807) is 0 Å². The fourth-order valence-corrected chi connectivity index (χ4v) is 6.21. The van der Waals surface area contributed by atoms with E-state index in [0.717, 1.165) is 23.7 Å². The monoisotopic (exact) mass is 517 g/mol. The van der Waals surface area contributed by atoms with Crippen LogP contribution in [0.3, 0.4) is 0 Å². The lowest BCUT2D eigenvalue weighted by Gasteiger charge is -2.37. The van der Waals surface area contributed by atoms with Crippen LogP contribution >= 0.6 is 0 Å². The highest BCUT2D eigenvalue weighted by Crippen LogP contribution is 2.45. The zero-order valence-electron chi connectivity index (χ0n) is 21.6. The second kappa shape index (κ2) is 12.5. The Labute approximate surface area is 218 Å². The van der Waals surface area contributed by atoms with Crippen molar-refractivity contribution in [1.29, 1.82) is 0 Å². The van der Waals surface area contributed by atoms with Gasteiger partial charge in [-0.25, -0.2) is 0 Å².